The first kappa shape index (κ1) is 18.7. The number of benzene rings is 2. The van der Waals surface area contributed by atoms with Gasteiger partial charge in [0.2, 0.25) is 5.82 Å². The summed E-state index contributed by atoms with van der Waals surface area (Å²) in [5.74, 6) is 2.96. The Labute approximate surface area is 196 Å². The molecule has 0 aliphatic heterocycles. The third kappa shape index (κ3) is 2.53. The van der Waals surface area contributed by atoms with E-state index in [1.807, 2.05) is 57.8 Å². The predicted octanol–water partition coefficient (Wildman–Crippen LogP) is 4.18. The van der Waals surface area contributed by atoms with Crippen LogP contribution in [0.4, 0.5) is 0 Å². The minimum Gasteiger partial charge on any atom is -0.236 e. The van der Waals surface area contributed by atoms with Crippen molar-refractivity contribution in [2.24, 2.45) is 11.8 Å². The Balaban J connectivity index is 1.24. The van der Waals surface area contributed by atoms with Gasteiger partial charge in [-0.25, -0.2) is 14.5 Å². The normalized spacial score (nSPS) is 29.9. The van der Waals surface area contributed by atoms with Crippen LogP contribution in [0.25, 0.3) is 27.9 Å². The molecule has 2 atom stereocenters. The smallest absolute Gasteiger partial charge is 0.204 e. The van der Waals surface area contributed by atoms with Crippen LogP contribution in [-0.2, 0) is 11.0 Å². The number of tetrazole rings is 1. The summed E-state index contributed by atoms with van der Waals surface area (Å²) in [6.07, 6.45) is 8.60. The number of hydrogen-bond donors (Lipinski definition) is 0. The van der Waals surface area contributed by atoms with Gasteiger partial charge in [-0.15, -0.1) is 15.3 Å². The second-order valence-electron chi connectivity index (χ2n) is 10.7. The van der Waals surface area contributed by atoms with Crippen molar-refractivity contribution in [3.63, 3.8) is 0 Å². The first-order valence-corrected chi connectivity index (χ1v) is 12.2. The summed E-state index contributed by atoms with van der Waals surface area (Å²) < 4.78 is 1.87. The molecule has 0 saturated heterocycles. The molecule has 0 radical (unpaired) electrons. The number of nitrogens with zero attached hydrogens (tertiary/aromatic N) is 8. The highest BCUT2D eigenvalue weighted by Crippen LogP contribution is 2.64. The fourth-order valence-corrected chi connectivity index (χ4v) is 7.53. The first-order valence-electron chi connectivity index (χ1n) is 12.2. The van der Waals surface area contributed by atoms with Crippen LogP contribution >= 0.6 is 0 Å². The van der Waals surface area contributed by atoms with E-state index >= 15 is 0 Å². The van der Waals surface area contributed by atoms with Gasteiger partial charge in [-0.3, -0.25) is 0 Å². The third-order valence-corrected chi connectivity index (χ3v) is 8.46. The maximum atomic E-state index is 5.15. The van der Waals surface area contributed by atoms with Gasteiger partial charge in [-0.2, -0.15) is 4.80 Å². The summed E-state index contributed by atoms with van der Waals surface area (Å²) in [5.41, 5.74) is 2.71. The minimum absolute atomic E-state index is 0.0439. The van der Waals surface area contributed by atoms with Crippen LogP contribution in [-0.4, -0.2) is 39.8 Å². The second-order valence-corrected chi connectivity index (χ2v) is 10.7. The average Bonchev–Trinajstić information content (AvgIpc) is 3.53. The van der Waals surface area contributed by atoms with Crippen LogP contribution in [0.2, 0.25) is 0 Å². The lowest BCUT2D eigenvalue weighted by atomic mass is 9.46. The molecule has 8 heteroatoms. The molecule has 4 aliphatic carbocycles. The summed E-state index contributed by atoms with van der Waals surface area (Å²) in [6, 6.07) is 18.3. The molecule has 0 amide bonds. The van der Waals surface area contributed by atoms with Crippen molar-refractivity contribution in [3.05, 3.63) is 66.7 Å². The fraction of sp³-hybridized carbons (Fsp3) is 0.385. The predicted molar refractivity (Wildman–Crippen MR) is 126 cm³/mol. The van der Waals surface area contributed by atoms with Crippen LogP contribution < -0.4 is 0 Å². The molecule has 5 aromatic rings. The quantitative estimate of drug-likeness (QED) is 0.412. The van der Waals surface area contributed by atoms with Gasteiger partial charge in [-0.05, 0) is 67.7 Å². The highest BCUT2D eigenvalue weighted by Gasteiger charge is 2.61. The number of aromatic nitrogens is 8. The number of hydrogen-bond acceptors (Lipinski definition) is 6. The van der Waals surface area contributed by atoms with E-state index in [1.54, 1.807) is 6.33 Å². The molecule has 2 unspecified atom stereocenters. The Hall–Kier alpha value is -3.68. The van der Waals surface area contributed by atoms with Crippen LogP contribution in [0, 0.1) is 11.8 Å². The van der Waals surface area contributed by atoms with E-state index in [9.17, 15) is 0 Å². The maximum Gasteiger partial charge on any atom is 0.204 e. The summed E-state index contributed by atoms with van der Waals surface area (Å²) in [5, 5.41) is 20.0. The van der Waals surface area contributed by atoms with Crippen LogP contribution in [0.5, 0.6) is 0 Å². The standard InChI is InChI=1S/C26H24N8/c1-2-6-19(7-3-1)22-29-32-34(30-22)26-13-17-10-18(14-26)12-25(11-17,15-26)24-28-23-20-8-4-5-9-21(20)27-16-33(23)31-24/h1-9,16-18H,10-15H2. The van der Waals surface area contributed by atoms with E-state index in [4.69, 9.17) is 15.2 Å². The molecule has 9 rings (SSSR count). The fourth-order valence-electron chi connectivity index (χ4n) is 7.53. The van der Waals surface area contributed by atoms with Gasteiger partial charge in [0.1, 0.15) is 6.33 Å². The highest BCUT2D eigenvalue weighted by atomic mass is 15.6. The van der Waals surface area contributed by atoms with E-state index in [-0.39, 0.29) is 11.0 Å². The molecule has 4 fully saturated rings. The lowest BCUT2D eigenvalue weighted by molar-refractivity contribution is -0.0784. The minimum atomic E-state index is -0.109. The van der Waals surface area contributed by atoms with E-state index in [0.717, 1.165) is 60.0 Å². The van der Waals surface area contributed by atoms with Gasteiger partial charge in [-0.1, -0.05) is 42.5 Å². The second kappa shape index (κ2) is 6.46. The van der Waals surface area contributed by atoms with Gasteiger partial charge in [0.25, 0.3) is 0 Å². The van der Waals surface area contributed by atoms with E-state index in [1.165, 1.54) is 6.42 Å². The van der Waals surface area contributed by atoms with Crippen molar-refractivity contribution in [1.82, 2.24) is 39.8 Å². The number of para-hydroxylation sites is 1. The van der Waals surface area contributed by atoms with Crippen molar-refractivity contribution < 1.29 is 0 Å². The summed E-state index contributed by atoms with van der Waals surface area (Å²) in [6.45, 7) is 0. The zero-order valence-electron chi connectivity index (χ0n) is 18.7. The molecule has 0 N–H and O–H groups in total. The van der Waals surface area contributed by atoms with Crippen LogP contribution in [0.1, 0.15) is 44.3 Å². The van der Waals surface area contributed by atoms with E-state index in [0.29, 0.717) is 17.7 Å². The lowest BCUT2D eigenvalue weighted by Crippen LogP contribution is -2.59. The van der Waals surface area contributed by atoms with Crippen molar-refractivity contribution in [2.45, 2.75) is 49.5 Å². The largest absolute Gasteiger partial charge is 0.236 e. The molecular formula is C26H24N8. The molecule has 34 heavy (non-hydrogen) atoms. The van der Waals surface area contributed by atoms with Crippen molar-refractivity contribution in [3.8, 4) is 11.4 Å². The van der Waals surface area contributed by atoms with Gasteiger partial charge < -0.3 is 0 Å². The Morgan fingerprint density at radius 2 is 1.65 bits per heavy atom. The van der Waals surface area contributed by atoms with Crippen LogP contribution in [0.15, 0.2) is 60.9 Å². The average molecular weight is 449 g/mol. The first-order chi connectivity index (χ1) is 16.7. The Morgan fingerprint density at radius 3 is 2.50 bits per heavy atom. The Bertz CT molecular complexity index is 1540. The van der Waals surface area contributed by atoms with Gasteiger partial charge in [0.15, 0.2) is 11.5 Å². The molecule has 8 nitrogen and oxygen atoms in total. The number of fused-ring (bicyclic) bond motifs is 3. The molecule has 168 valence electrons. The molecule has 4 bridgehead atoms. The van der Waals surface area contributed by atoms with Gasteiger partial charge in [0.05, 0.1) is 11.1 Å². The monoisotopic (exact) mass is 448 g/mol. The Kier molecular flexibility index (Phi) is 3.56. The zero-order valence-corrected chi connectivity index (χ0v) is 18.7. The molecule has 3 heterocycles. The van der Waals surface area contributed by atoms with Crippen LogP contribution in [0.3, 0.4) is 0 Å². The zero-order chi connectivity index (χ0) is 22.3. The van der Waals surface area contributed by atoms with E-state index < -0.39 is 0 Å². The SMILES string of the molecule is c1ccc(-c2nnn(C34CC5CC(CC(c6nc7c8ccccc8ncn7n6)(C5)C3)C4)n2)cc1. The van der Waals surface area contributed by atoms with Gasteiger partial charge in [0, 0.05) is 16.4 Å². The van der Waals surface area contributed by atoms with Gasteiger partial charge >= 0.3 is 0 Å². The van der Waals surface area contributed by atoms with E-state index in [2.05, 4.69) is 21.4 Å². The summed E-state index contributed by atoms with van der Waals surface area (Å²) >= 11 is 0. The maximum absolute atomic E-state index is 5.15. The molecular weight excluding hydrogens is 424 g/mol. The third-order valence-electron chi connectivity index (χ3n) is 8.46. The molecule has 4 saturated carbocycles. The topological polar surface area (TPSA) is 86.7 Å². The lowest BCUT2D eigenvalue weighted by Gasteiger charge is -2.60. The molecule has 4 aliphatic rings. The van der Waals surface area contributed by atoms with Crippen molar-refractivity contribution in [1.29, 1.82) is 0 Å². The molecule has 3 aromatic heterocycles. The number of rotatable bonds is 3. The van der Waals surface area contributed by atoms with Crippen molar-refractivity contribution >= 4 is 16.6 Å². The highest BCUT2D eigenvalue weighted by molar-refractivity contribution is 5.90. The molecule has 2 aromatic carbocycles. The van der Waals surface area contributed by atoms with Crippen molar-refractivity contribution in [2.75, 3.05) is 0 Å². The Morgan fingerprint density at radius 1 is 0.853 bits per heavy atom. The summed E-state index contributed by atoms with van der Waals surface area (Å²) in [7, 11) is 0. The molecule has 0 spiro atoms. The summed E-state index contributed by atoms with van der Waals surface area (Å²) in [4.78, 5) is 11.7.